The van der Waals surface area contributed by atoms with E-state index >= 15 is 0 Å². The van der Waals surface area contributed by atoms with Crippen LogP contribution in [0.4, 0.5) is 49.6 Å². The van der Waals surface area contributed by atoms with Gasteiger partial charge in [-0.1, -0.05) is 25.7 Å². The second-order valence-electron chi connectivity index (χ2n) is 21.6. The fourth-order valence-electron chi connectivity index (χ4n) is 11.1. The van der Waals surface area contributed by atoms with Gasteiger partial charge in [-0.05, 0) is 165 Å². The maximum absolute atomic E-state index is 13.9. The average molecular weight is 1120 g/mol. The van der Waals surface area contributed by atoms with Gasteiger partial charge in [0.05, 0.1) is 54.4 Å². The summed E-state index contributed by atoms with van der Waals surface area (Å²) in [5, 5.41) is 5.92. The number of alkyl halides is 6. The standard InChI is InChI=1S/C28H38F3N5O4S.C27H36F3N5O2/c1-36-12-10-18(11-13-36)14-25(37)20-8-9-23(26(16-20)40-2)33-27-32-17-21(28(29,30)31)24(34-27)15-19-6-4-5-7-22(19)35-41(3,38)39;1-35-11-9-17(10-12-35)13-24(36)19-7-8-22(25(15-19)37-2)33-26-32-16-20(27(28,29)30)23(34-26)14-18-5-3-4-6-21(18)31/h8-9,16-19,22,35H,4-7,10-15H2,1-3H3,(H,32,33,34);7-8,15-18,21H,3-6,9-14,31H2,1-2H3,(H,32,33,34)/t19-,22+;18-,21+/m00/s1. The van der Waals surface area contributed by atoms with Crippen LogP contribution >= 0.6 is 0 Å². The molecule has 4 atom stereocenters. The number of sulfonamides is 1. The monoisotopic (exact) mass is 1120 g/mol. The molecule has 4 aliphatic rings. The SMILES string of the molecule is COc1cc(C(=O)CC2CCN(C)CC2)ccc1Nc1ncc(C(F)(F)F)c(C[C@@H]2CCCC[C@H]2N)n1.COc1cc(C(=O)CC2CCN(C)CC2)ccc1Nc1ncc(C(F)(F)F)c(C[C@@H]2CCCC[C@H]2NS(C)(=O)=O)n1. The number of rotatable bonds is 18. The Morgan fingerprint density at radius 3 is 1.46 bits per heavy atom. The lowest BCUT2D eigenvalue weighted by atomic mass is 9.81. The number of nitrogens with two attached hydrogens (primary N) is 1. The molecule has 2 saturated heterocycles. The third-order valence-corrected chi connectivity index (χ3v) is 16.4. The highest BCUT2D eigenvalue weighted by atomic mass is 32.2. The molecule has 2 aromatic heterocycles. The molecule has 4 fully saturated rings. The van der Waals surface area contributed by atoms with E-state index in [1.54, 1.807) is 36.4 Å². The molecule has 23 heteroatoms. The fourth-order valence-corrected chi connectivity index (χ4v) is 11.9. The van der Waals surface area contributed by atoms with Crippen molar-refractivity contribution in [3.63, 3.8) is 0 Å². The normalized spacial score (nSPS) is 21.3. The zero-order valence-corrected chi connectivity index (χ0v) is 45.9. The summed E-state index contributed by atoms with van der Waals surface area (Å²) in [7, 11) is 3.56. The maximum atomic E-state index is 13.9. The van der Waals surface area contributed by atoms with Gasteiger partial charge in [-0.15, -0.1) is 0 Å². The minimum atomic E-state index is -4.67. The van der Waals surface area contributed by atoms with Crippen molar-refractivity contribution in [1.29, 1.82) is 0 Å². The molecular weight excluding hydrogens is 1040 g/mol. The van der Waals surface area contributed by atoms with Crippen LogP contribution in [0.2, 0.25) is 0 Å². The minimum absolute atomic E-state index is 0.0159. The quantitative estimate of drug-likeness (QED) is 0.0540. The van der Waals surface area contributed by atoms with Crippen LogP contribution in [-0.2, 0) is 35.2 Å². The highest BCUT2D eigenvalue weighted by Gasteiger charge is 2.39. The molecule has 4 heterocycles. The summed E-state index contributed by atoms with van der Waals surface area (Å²) in [6.07, 6.45) is 4.63. The van der Waals surface area contributed by atoms with Gasteiger partial charge in [0, 0.05) is 48.4 Å². The number of ketones is 2. The number of Topliss-reactive ketones (excluding diaryl/α,β-unsaturated/α-hetero) is 2. The highest BCUT2D eigenvalue weighted by Crippen LogP contribution is 2.39. The summed E-state index contributed by atoms with van der Waals surface area (Å²) < 4.78 is 120. The lowest BCUT2D eigenvalue weighted by Crippen LogP contribution is -2.42. The number of nitrogens with zero attached hydrogens (tertiary/aromatic N) is 6. The molecule has 2 aromatic carbocycles. The predicted octanol–water partition coefficient (Wildman–Crippen LogP) is 10.0. The molecule has 2 saturated carbocycles. The Balaban J connectivity index is 0.000000227. The Kier molecular flexibility index (Phi) is 20.6. The summed E-state index contributed by atoms with van der Waals surface area (Å²) in [6.45, 7) is 3.92. The number of nitrogens with one attached hydrogen (secondary N) is 3. The van der Waals surface area contributed by atoms with Crippen LogP contribution in [0.1, 0.15) is 133 Å². The van der Waals surface area contributed by atoms with Gasteiger partial charge in [-0.3, -0.25) is 9.59 Å². The first-order chi connectivity index (χ1) is 37.0. The number of benzene rings is 2. The number of methoxy groups -OCH3 is 2. The van der Waals surface area contributed by atoms with Gasteiger partial charge in [-0.2, -0.15) is 26.3 Å². The molecule has 4 aromatic rings. The topological polar surface area (TPSA) is 207 Å². The zero-order valence-electron chi connectivity index (χ0n) is 45.1. The van der Waals surface area contributed by atoms with Crippen molar-refractivity contribution < 1.29 is 53.8 Å². The van der Waals surface area contributed by atoms with Gasteiger partial charge in [0.1, 0.15) is 11.5 Å². The van der Waals surface area contributed by atoms with Crippen LogP contribution < -0.4 is 30.6 Å². The van der Waals surface area contributed by atoms with Crippen LogP contribution in [0.3, 0.4) is 0 Å². The Bertz CT molecular complexity index is 2790. The first-order valence-corrected chi connectivity index (χ1v) is 28.8. The number of anilines is 4. The molecular formula is C55H74F6N10O6S. The van der Waals surface area contributed by atoms with Crippen molar-refractivity contribution in [1.82, 2.24) is 34.5 Å². The minimum Gasteiger partial charge on any atom is -0.495 e. The van der Waals surface area contributed by atoms with Crippen LogP contribution in [0.15, 0.2) is 48.8 Å². The number of piperidine rings is 2. The van der Waals surface area contributed by atoms with E-state index < -0.39 is 39.5 Å². The fraction of sp³-hybridized carbons (Fsp3) is 0.600. The highest BCUT2D eigenvalue weighted by molar-refractivity contribution is 7.88. The van der Waals surface area contributed by atoms with E-state index in [9.17, 15) is 44.3 Å². The Morgan fingerprint density at radius 2 is 1.05 bits per heavy atom. The molecule has 0 radical (unpaired) electrons. The number of hydrogen-bond acceptors (Lipinski definition) is 15. The van der Waals surface area contributed by atoms with Crippen LogP contribution in [0.25, 0.3) is 0 Å². The molecule has 428 valence electrons. The van der Waals surface area contributed by atoms with E-state index in [4.69, 9.17) is 15.2 Å². The molecule has 2 aliphatic carbocycles. The van der Waals surface area contributed by atoms with Gasteiger partial charge in [0.15, 0.2) is 11.6 Å². The number of halogens is 6. The molecule has 0 unspecified atom stereocenters. The molecule has 16 nitrogen and oxygen atoms in total. The van der Waals surface area contributed by atoms with Gasteiger partial charge in [0.25, 0.3) is 0 Å². The van der Waals surface area contributed by atoms with E-state index in [0.717, 1.165) is 109 Å². The third-order valence-electron chi connectivity index (χ3n) is 15.7. The van der Waals surface area contributed by atoms with E-state index in [1.807, 2.05) is 0 Å². The van der Waals surface area contributed by atoms with Crippen molar-refractivity contribution in [2.45, 2.75) is 127 Å². The van der Waals surface area contributed by atoms with Crippen LogP contribution in [0.5, 0.6) is 11.5 Å². The molecule has 2 aliphatic heterocycles. The molecule has 0 amide bonds. The number of likely N-dealkylation sites (tertiary alicyclic amines) is 2. The van der Waals surface area contributed by atoms with Crippen molar-refractivity contribution >= 4 is 44.9 Å². The average Bonchev–Trinajstić information content (AvgIpc) is 3.42. The smallest absolute Gasteiger partial charge is 0.419 e. The number of hydrogen-bond donors (Lipinski definition) is 4. The summed E-state index contributed by atoms with van der Waals surface area (Å²) >= 11 is 0. The predicted molar refractivity (Wildman–Crippen MR) is 286 cm³/mol. The molecule has 8 rings (SSSR count). The first-order valence-electron chi connectivity index (χ1n) is 26.9. The number of aromatic nitrogens is 4. The second-order valence-corrected chi connectivity index (χ2v) is 23.4. The van der Waals surface area contributed by atoms with E-state index in [1.165, 1.54) is 14.2 Å². The van der Waals surface area contributed by atoms with Gasteiger partial charge in [-0.25, -0.2) is 33.1 Å². The summed E-state index contributed by atoms with van der Waals surface area (Å²) in [4.78, 5) is 46.7. The Morgan fingerprint density at radius 1 is 0.641 bits per heavy atom. The number of carbonyl (C=O) groups excluding carboxylic acids is 2. The van der Waals surface area contributed by atoms with Gasteiger partial charge >= 0.3 is 12.4 Å². The lowest BCUT2D eigenvalue weighted by molar-refractivity contribution is -0.139. The van der Waals surface area contributed by atoms with E-state index in [2.05, 4.69) is 59.2 Å². The van der Waals surface area contributed by atoms with Crippen molar-refractivity contribution in [3.05, 3.63) is 82.4 Å². The Labute approximate surface area is 453 Å². The molecule has 78 heavy (non-hydrogen) atoms. The largest absolute Gasteiger partial charge is 0.495 e. The number of ether oxygens (including phenoxy) is 2. The third kappa shape index (κ3) is 17.0. The van der Waals surface area contributed by atoms with Crippen LogP contribution in [-0.4, -0.2) is 123 Å². The lowest BCUT2D eigenvalue weighted by Gasteiger charge is -2.32. The summed E-state index contributed by atoms with van der Waals surface area (Å²) in [5.41, 5.74) is 6.08. The summed E-state index contributed by atoms with van der Waals surface area (Å²) in [5.74, 6) is 1.09. The van der Waals surface area contributed by atoms with E-state index in [-0.39, 0.29) is 65.6 Å². The van der Waals surface area contributed by atoms with Crippen molar-refractivity contribution in [3.8, 4) is 11.5 Å². The number of carbonyl (C=O) groups is 2. The van der Waals surface area contributed by atoms with Gasteiger partial charge < -0.3 is 35.6 Å². The molecule has 5 N–H and O–H groups in total. The van der Waals surface area contributed by atoms with Crippen molar-refractivity contribution in [2.75, 3.05) is 71.4 Å². The molecule has 0 spiro atoms. The maximum Gasteiger partial charge on any atom is 0.419 e. The second kappa shape index (κ2) is 26.6. The van der Waals surface area contributed by atoms with Crippen LogP contribution in [0, 0.1) is 23.7 Å². The summed E-state index contributed by atoms with van der Waals surface area (Å²) in [6, 6.07) is 9.35. The van der Waals surface area contributed by atoms with E-state index in [0.29, 0.717) is 71.5 Å². The molecule has 0 bridgehead atoms. The zero-order chi connectivity index (χ0) is 56.4. The Hall–Kier alpha value is -5.49. The first kappa shape index (κ1) is 60.2. The van der Waals surface area contributed by atoms with Crippen molar-refractivity contribution in [2.24, 2.45) is 29.4 Å². The van der Waals surface area contributed by atoms with Gasteiger partial charge in [0.2, 0.25) is 21.9 Å².